The fourth-order valence-electron chi connectivity index (χ4n) is 1.64. The van der Waals surface area contributed by atoms with Gasteiger partial charge in [-0.1, -0.05) is 0 Å². The molecule has 6 heteroatoms. The van der Waals surface area contributed by atoms with E-state index in [-0.39, 0.29) is 5.01 Å². The van der Waals surface area contributed by atoms with Crippen LogP contribution in [0.4, 0.5) is 0 Å². The Hall–Kier alpha value is -0.590. The van der Waals surface area contributed by atoms with Gasteiger partial charge in [-0.15, -0.1) is 11.3 Å². The quantitative estimate of drug-likeness (QED) is 0.862. The minimum Gasteiger partial charge on any atom is -0.476 e. The molecule has 0 aliphatic carbocycles. The molecule has 2 N–H and O–H groups in total. The summed E-state index contributed by atoms with van der Waals surface area (Å²) in [5, 5.41) is 14.2. The number of hydrogen-bond acceptors (Lipinski definition) is 5. The van der Waals surface area contributed by atoms with Crippen LogP contribution in [0.5, 0.6) is 0 Å². The molecule has 0 amide bonds. The van der Waals surface area contributed by atoms with Crippen LogP contribution in [0.25, 0.3) is 0 Å². The van der Waals surface area contributed by atoms with Crippen LogP contribution in [0.2, 0.25) is 0 Å². The van der Waals surface area contributed by atoms with E-state index in [4.69, 9.17) is 5.11 Å². The summed E-state index contributed by atoms with van der Waals surface area (Å²) in [5.74, 6) is 1.50. The lowest BCUT2D eigenvalue weighted by atomic mass is 10.1. The molecule has 0 spiro atoms. The van der Waals surface area contributed by atoms with Crippen LogP contribution in [-0.4, -0.2) is 33.6 Å². The summed E-state index contributed by atoms with van der Waals surface area (Å²) < 4.78 is 0. The second-order valence-corrected chi connectivity index (χ2v) is 5.80. The fourth-order valence-corrected chi connectivity index (χ4v) is 3.40. The Morgan fingerprint density at radius 1 is 1.56 bits per heavy atom. The van der Waals surface area contributed by atoms with Crippen molar-refractivity contribution in [3.8, 4) is 0 Å². The molecule has 0 unspecified atom stereocenters. The SMILES string of the molecule is O=C(O)c1nc(CNC2CCSCC2)cs1. The van der Waals surface area contributed by atoms with Gasteiger partial charge in [-0.25, -0.2) is 9.78 Å². The van der Waals surface area contributed by atoms with Crippen molar-refractivity contribution in [1.29, 1.82) is 0 Å². The molecule has 1 aliphatic rings. The van der Waals surface area contributed by atoms with Gasteiger partial charge in [0, 0.05) is 18.0 Å². The van der Waals surface area contributed by atoms with E-state index in [0.29, 0.717) is 12.6 Å². The molecule has 2 heterocycles. The molecule has 0 atom stereocenters. The van der Waals surface area contributed by atoms with Gasteiger partial charge in [0.05, 0.1) is 5.69 Å². The average Bonchev–Trinajstić information content (AvgIpc) is 2.76. The molecule has 1 aromatic rings. The lowest BCUT2D eigenvalue weighted by Gasteiger charge is -2.22. The van der Waals surface area contributed by atoms with E-state index in [9.17, 15) is 4.79 Å². The number of aromatic nitrogens is 1. The zero-order valence-corrected chi connectivity index (χ0v) is 10.4. The second kappa shape index (κ2) is 5.65. The number of carbonyl (C=O) groups is 1. The van der Waals surface area contributed by atoms with Crippen molar-refractivity contribution in [2.24, 2.45) is 0 Å². The first-order chi connectivity index (χ1) is 7.75. The number of hydrogen-bond donors (Lipinski definition) is 2. The number of aromatic carboxylic acids is 1. The third-order valence-corrected chi connectivity index (χ3v) is 4.46. The van der Waals surface area contributed by atoms with Crippen molar-refractivity contribution in [2.75, 3.05) is 11.5 Å². The zero-order valence-electron chi connectivity index (χ0n) is 8.81. The lowest BCUT2D eigenvalue weighted by Crippen LogP contribution is -2.32. The van der Waals surface area contributed by atoms with Crippen LogP contribution >= 0.6 is 23.1 Å². The summed E-state index contributed by atoms with van der Waals surface area (Å²) in [7, 11) is 0. The molecule has 0 aromatic carbocycles. The Bertz CT molecular complexity index is 361. The number of thiazole rings is 1. The average molecular weight is 258 g/mol. The molecule has 2 rings (SSSR count). The van der Waals surface area contributed by atoms with Crippen molar-refractivity contribution in [1.82, 2.24) is 10.3 Å². The Balaban J connectivity index is 1.81. The van der Waals surface area contributed by atoms with Crippen LogP contribution in [0.1, 0.15) is 28.3 Å². The summed E-state index contributed by atoms with van der Waals surface area (Å²) in [6.45, 7) is 0.680. The van der Waals surface area contributed by atoms with E-state index in [1.54, 1.807) is 0 Å². The third-order valence-electron chi connectivity index (χ3n) is 2.53. The highest BCUT2D eigenvalue weighted by atomic mass is 32.2. The number of nitrogens with zero attached hydrogens (tertiary/aromatic N) is 1. The minimum atomic E-state index is -0.940. The van der Waals surface area contributed by atoms with Crippen LogP contribution in [0.3, 0.4) is 0 Å². The van der Waals surface area contributed by atoms with E-state index >= 15 is 0 Å². The van der Waals surface area contributed by atoms with Crippen molar-refractivity contribution in [3.63, 3.8) is 0 Å². The molecule has 0 saturated carbocycles. The standard InChI is InChI=1S/C10H14N2O2S2/c13-10(14)9-12-8(6-16-9)5-11-7-1-3-15-4-2-7/h6-7,11H,1-5H2,(H,13,14). The molecule has 0 bridgehead atoms. The van der Waals surface area contributed by atoms with Gasteiger partial charge in [-0.2, -0.15) is 11.8 Å². The predicted molar refractivity (Wildman–Crippen MR) is 66.3 cm³/mol. The van der Waals surface area contributed by atoms with Gasteiger partial charge < -0.3 is 10.4 Å². The Kier molecular flexibility index (Phi) is 4.20. The molecule has 4 nitrogen and oxygen atoms in total. The molecule has 0 radical (unpaired) electrons. The molecule has 1 aliphatic heterocycles. The highest BCUT2D eigenvalue weighted by Crippen LogP contribution is 2.17. The molecule has 16 heavy (non-hydrogen) atoms. The van der Waals surface area contributed by atoms with Gasteiger partial charge in [0.2, 0.25) is 5.01 Å². The maximum absolute atomic E-state index is 10.6. The van der Waals surface area contributed by atoms with E-state index in [1.807, 2.05) is 17.1 Å². The molecule has 1 saturated heterocycles. The Morgan fingerprint density at radius 2 is 2.31 bits per heavy atom. The number of carboxylic acid groups (broad SMARTS) is 1. The van der Waals surface area contributed by atoms with E-state index in [0.717, 1.165) is 5.69 Å². The lowest BCUT2D eigenvalue weighted by molar-refractivity contribution is 0.0696. The summed E-state index contributed by atoms with van der Waals surface area (Å²) in [5.41, 5.74) is 0.834. The van der Waals surface area contributed by atoms with Gasteiger partial charge in [-0.3, -0.25) is 0 Å². The van der Waals surface area contributed by atoms with E-state index in [1.165, 1.54) is 35.7 Å². The molecular formula is C10H14N2O2S2. The first-order valence-corrected chi connectivity index (χ1v) is 7.28. The van der Waals surface area contributed by atoms with E-state index < -0.39 is 5.97 Å². The Labute approximate surface area is 102 Å². The van der Waals surface area contributed by atoms with Crippen LogP contribution in [-0.2, 0) is 6.54 Å². The summed E-state index contributed by atoms with van der Waals surface area (Å²) >= 11 is 3.19. The number of rotatable bonds is 4. The third kappa shape index (κ3) is 3.20. The van der Waals surface area contributed by atoms with Crippen molar-refractivity contribution in [2.45, 2.75) is 25.4 Å². The predicted octanol–water partition coefficient (Wildman–Crippen LogP) is 1.83. The van der Waals surface area contributed by atoms with Gasteiger partial charge in [0.1, 0.15) is 0 Å². The van der Waals surface area contributed by atoms with Gasteiger partial charge in [0.25, 0.3) is 0 Å². The molecule has 1 fully saturated rings. The second-order valence-electron chi connectivity index (χ2n) is 3.72. The smallest absolute Gasteiger partial charge is 0.365 e. The number of thioether (sulfide) groups is 1. The highest BCUT2D eigenvalue weighted by Gasteiger charge is 2.14. The molecule has 1 aromatic heterocycles. The first kappa shape index (κ1) is 11.9. The van der Waals surface area contributed by atoms with Gasteiger partial charge in [0.15, 0.2) is 0 Å². The van der Waals surface area contributed by atoms with Gasteiger partial charge in [-0.05, 0) is 24.3 Å². The fraction of sp³-hybridized carbons (Fsp3) is 0.600. The van der Waals surface area contributed by atoms with Crippen molar-refractivity contribution in [3.05, 3.63) is 16.1 Å². The number of carboxylic acids is 1. The minimum absolute atomic E-state index is 0.177. The zero-order chi connectivity index (χ0) is 11.4. The topological polar surface area (TPSA) is 62.2 Å². The largest absolute Gasteiger partial charge is 0.476 e. The number of nitrogens with one attached hydrogen (secondary N) is 1. The first-order valence-electron chi connectivity index (χ1n) is 5.24. The molecular weight excluding hydrogens is 244 g/mol. The maximum Gasteiger partial charge on any atom is 0.365 e. The Morgan fingerprint density at radius 3 is 2.94 bits per heavy atom. The van der Waals surface area contributed by atoms with Crippen molar-refractivity contribution >= 4 is 29.1 Å². The van der Waals surface area contributed by atoms with Crippen LogP contribution < -0.4 is 5.32 Å². The van der Waals surface area contributed by atoms with Crippen molar-refractivity contribution < 1.29 is 9.90 Å². The molecule has 88 valence electrons. The summed E-state index contributed by atoms with van der Waals surface area (Å²) in [4.78, 5) is 14.7. The van der Waals surface area contributed by atoms with E-state index in [2.05, 4.69) is 10.3 Å². The van der Waals surface area contributed by atoms with Gasteiger partial charge >= 0.3 is 5.97 Å². The highest BCUT2D eigenvalue weighted by molar-refractivity contribution is 7.99. The maximum atomic E-state index is 10.6. The summed E-state index contributed by atoms with van der Waals surface area (Å²) in [6.07, 6.45) is 2.39. The van der Waals surface area contributed by atoms with Crippen LogP contribution in [0.15, 0.2) is 5.38 Å². The summed E-state index contributed by atoms with van der Waals surface area (Å²) in [6, 6.07) is 0.566. The monoisotopic (exact) mass is 258 g/mol. The van der Waals surface area contributed by atoms with Crippen LogP contribution in [0, 0.1) is 0 Å². The normalized spacial score (nSPS) is 17.5.